The molecule has 2 atom stereocenters. The van der Waals surface area contributed by atoms with E-state index in [4.69, 9.17) is 28.2 Å². The lowest BCUT2D eigenvalue weighted by molar-refractivity contribution is -0.133. The number of fused-ring (bicyclic) bond motifs is 1. The van der Waals surface area contributed by atoms with Crippen LogP contribution in [0.5, 0.6) is 0 Å². The van der Waals surface area contributed by atoms with Gasteiger partial charge >= 0.3 is 0 Å². The third kappa shape index (κ3) is 3.42. The molecule has 2 heterocycles. The summed E-state index contributed by atoms with van der Waals surface area (Å²) in [6, 6.07) is 13.8. The number of aromatic nitrogens is 1. The van der Waals surface area contributed by atoms with Crippen molar-refractivity contribution in [1.29, 1.82) is 0 Å². The van der Waals surface area contributed by atoms with E-state index < -0.39 is 0 Å². The largest absolute Gasteiger partial charge is 0.342 e. The van der Waals surface area contributed by atoms with Gasteiger partial charge in [-0.2, -0.15) is 0 Å². The predicted molar refractivity (Wildman–Crippen MR) is 115 cm³/mol. The topological polar surface area (TPSA) is 33.2 Å². The highest BCUT2D eigenvalue weighted by Gasteiger charge is 2.47. The lowest BCUT2D eigenvalue weighted by Crippen LogP contribution is -2.39. The smallest absolute Gasteiger partial charge is 0.226 e. The van der Waals surface area contributed by atoms with Crippen LogP contribution in [0, 0.1) is 5.92 Å². The van der Waals surface area contributed by atoms with Crippen molar-refractivity contribution in [3.63, 3.8) is 0 Å². The van der Waals surface area contributed by atoms with Crippen molar-refractivity contribution in [3.05, 3.63) is 63.1 Å². The number of nitrogens with zero attached hydrogens (tertiary/aromatic N) is 2. The maximum Gasteiger partial charge on any atom is 0.226 e. The van der Waals surface area contributed by atoms with E-state index in [1.807, 2.05) is 47.4 Å². The zero-order valence-electron chi connectivity index (χ0n) is 15.3. The molecule has 0 bridgehead atoms. The second kappa shape index (κ2) is 7.33. The van der Waals surface area contributed by atoms with Gasteiger partial charge in [-0.05, 0) is 55.0 Å². The van der Waals surface area contributed by atoms with E-state index in [1.54, 1.807) is 11.3 Å². The van der Waals surface area contributed by atoms with Crippen LogP contribution in [0.1, 0.15) is 41.7 Å². The van der Waals surface area contributed by atoms with Gasteiger partial charge in [0.25, 0.3) is 0 Å². The van der Waals surface area contributed by atoms with Crippen molar-refractivity contribution in [3.8, 4) is 0 Å². The van der Waals surface area contributed by atoms with E-state index in [1.165, 1.54) is 9.71 Å². The molecule has 1 aromatic heterocycles. The maximum atomic E-state index is 12.9. The molecule has 0 radical (unpaired) electrons. The van der Waals surface area contributed by atoms with Gasteiger partial charge < -0.3 is 4.90 Å². The fourth-order valence-corrected chi connectivity index (χ4v) is 5.82. The van der Waals surface area contributed by atoms with E-state index in [0.717, 1.165) is 53.5 Å². The number of likely N-dealkylation sites (tertiary alicyclic amines) is 1. The number of amides is 1. The Morgan fingerprint density at radius 2 is 1.89 bits per heavy atom. The van der Waals surface area contributed by atoms with Gasteiger partial charge in [0.2, 0.25) is 5.91 Å². The normalized spacial score (nSPS) is 22.6. The Morgan fingerprint density at radius 1 is 1.11 bits per heavy atom. The molecule has 3 aromatic rings. The molecule has 0 N–H and O–H groups in total. The summed E-state index contributed by atoms with van der Waals surface area (Å²) in [6.45, 7) is 1.62. The van der Waals surface area contributed by atoms with E-state index in [0.29, 0.717) is 11.8 Å². The van der Waals surface area contributed by atoms with Crippen molar-refractivity contribution < 1.29 is 4.79 Å². The summed E-state index contributed by atoms with van der Waals surface area (Å²) in [7, 11) is 0. The van der Waals surface area contributed by atoms with Crippen LogP contribution in [-0.4, -0.2) is 28.9 Å². The Bertz CT molecular complexity index is 1040. The summed E-state index contributed by atoms with van der Waals surface area (Å²) in [4.78, 5) is 19.8. The number of hydrogen-bond donors (Lipinski definition) is 0. The van der Waals surface area contributed by atoms with Crippen LogP contribution in [0.25, 0.3) is 10.2 Å². The van der Waals surface area contributed by atoms with Crippen molar-refractivity contribution in [2.24, 2.45) is 5.92 Å². The lowest BCUT2D eigenvalue weighted by Gasteiger charge is -2.31. The first kappa shape index (κ1) is 18.4. The van der Waals surface area contributed by atoms with E-state index in [-0.39, 0.29) is 11.8 Å². The zero-order valence-corrected chi connectivity index (χ0v) is 17.6. The third-order valence-electron chi connectivity index (χ3n) is 5.93. The molecule has 0 spiro atoms. The molecule has 144 valence electrons. The summed E-state index contributed by atoms with van der Waals surface area (Å²) in [6.07, 6.45) is 2.87. The molecule has 1 saturated carbocycles. The number of halogens is 2. The summed E-state index contributed by atoms with van der Waals surface area (Å²) >= 11 is 14.1. The van der Waals surface area contributed by atoms with Crippen LogP contribution < -0.4 is 0 Å². The number of carbonyl (C=O) groups is 1. The molecule has 2 fully saturated rings. The Labute approximate surface area is 178 Å². The summed E-state index contributed by atoms with van der Waals surface area (Å²) in [5, 5.41) is 2.67. The molecule has 6 heteroatoms. The highest BCUT2D eigenvalue weighted by molar-refractivity contribution is 7.18. The van der Waals surface area contributed by atoms with Gasteiger partial charge in [0.15, 0.2) is 0 Å². The Balaban J connectivity index is 1.22. The number of piperidine rings is 1. The van der Waals surface area contributed by atoms with E-state index >= 15 is 0 Å². The van der Waals surface area contributed by atoms with Crippen LogP contribution in [0.2, 0.25) is 10.0 Å². The molecule has 1 saturated heterocycles. The SMILES string of the molecule is O=C(C1CC1c1ccccc1Cl)N1CCC(c2nc3cc(Cl)ccc3s2)CC1. The second-order valence-corrected chi connectivity index (χ2v) is 9.64. The minimum Gasteiger partial charge on any atom is -0.342 e. The Hall–Kier alpha value is -1.62. The number of benzene rings is 2. The first-order valence-electron chi connectivity index (χ1n) is 9.69. The van der Waals surface area contributed by atoms with Gasteiger partial charge in [-0.3, -0.25) is 4.79 Å². The molecule has 3 nitrogen and oxygen atoms in total. The standard InChI is InChI=1S/C22H20Cl2N2OS/c23-14-5-6-20-19(11-14)25-21(28-20)13-7-9-26(10-8-13)22(27)17-12-16(17)15-3-1-2-4-18(15)24/h1-6,11,13,16-17H,7-10,12H2. The van der Waals surface area contributed by atoms with Crippen molar-refractivity contribution in [2.75, 3.05) is 13.1 Å². The average molecular weight is 431 g/mol. The van der Waals surface area contributed by atoms with Crippen LogP contribution in [0.3, 0.4) is 0 Å². The van der Waals surface area contributed by atoms with Gasteiger partial charge in [0, 0.05) is 35.0 Å². The molecule has 1 aliphatic heterocycles. The third-order valence-corrected chi connectivity index (χ3v) is 7.71. The van der Waals surface area contributed by atoms with Gasteiger partial charge in [0.1, 0.15) is 0 Å². The summed E-state index contributed by atoms with van der Waals surface area (Å²) < 4.78 is 1.18. The van der Waals surface area contributed by atoms with E-state index in [2.05, 4.69) is 0 Å². The predicted octanol–water partition coefficient (Wildman–Crippen LogP) is 6.11. The first-order chi connectivity index (χ1) is 13.6. The highest BCUT2D eigenvalue weighted by atomic mass is 35.5. The molecule has 28 heavy (non-hydrogen) atoms. The zero-order chi connectivity index (χ0) is 19.3. The van der Waals surface area contributed by atoms with Gasteiger partial charge in [-0.1, -0.05) is 41.4 Å². The monoisotopic (exact) mass is 430 g/mol. The van der Waals surface area contributed by atoms with E-state index in [9.17, 15) is 4.79 Å². The number of hydrogen-bond acceptors (Lipinski definition) is 3. The van der Waals surface area contributed by atoms with Crippen molar-refractivity contribution >= 4 is 50.7 Å². The summed E-state index contributed by atoms with van der Waals surface area (Å²) in [5.74, 6) is 1.10. The van der Waals surface area contributed by atoms with Crippen LogP contribution >= 0.6 is 34.5 Å². The number of carbonyl (C=O) groups excluding carboxylic acids is 1. The minimum absolute atomic E-state index is 0.0982. The quantitative estimate of drug-likeness (QED) is 0.501. The average Bonchev–Trinajstić information content (AvgIpc) is 3.39. The molecule has 2 unspecified atom stereocenters. The number of rotatable bonds is 3. The van der Waals surface area contributed by atoms with Gasteiger partial charge in [0.05, 0.1) is 15.2 Å². The summed E-state index contributed by atoms with van der Waals surface area (Å²) in [5.41, 5.74) is 2.09. The second-order valence-electron chi connectivity index (χ2n) is 7.73. The molecular weight excluding hydrogens is 411 g/mol. The minimum atomic E-state index is 0.0982. The van der Waals surface area contributed by atoms with Gasteiger partial charge in [-0.15, -0.1) is 11.3 Å². The van der Waals surface area contributed by atoms with Crippen molar-refractivity contribution in [2.45, 2.75) is 31.1 Å². The fourth-order valence-electron chi connectivity index (χ4n) is 4.26. The first-order valence-corrected chi connectivity index (χ1v) is 11.3. The Morgan fingerprint density at radius 3 is 2.68 bits per heavy atom. The lowest BCUT2D eigenvalue weighted by atomic mass is 9.97. The van der Waals surface area contributed by atoms with Crippen molar-refractivity contribution in [1.82, 2.24) is 9.88 Å². The molecule has 2 aromatic carbocycles. The van der Waals surface area contributed by atoms with Crippen LogP contribution in [-0.2, 0) is 4.79 Å². The molecule has 1 aliphatic carbocycles. The van der Waals surface area contributed by atoms with Gasteiger partial charge in [-0.25, -0.2) is 4.98 Å². The molecule has 5 rings (SSSR count). The highest BCUT2D eigenvalue weighted by Crippen LogP contribution is 2.50. The molecule has 1 amide bonds. The van der Waals surface area contributed by atoms with Crippen LogP contribution in [0.4, 0.5) is 0 Å². The Kier molecular flexibility index (Phi) is 4.82. The fraction of sp³-hybridized carbons (Fsp3) is 0.364. The maximum absolute atomic E-state index is 12.9. The van der Waals surface area contributed by atoms with Crippen LogP contribution in [0.15, 0.2) is 42.5 Å². The molecular formula is C22H20Cl2N2OS. The molecule has 2 aliphatic rings. The number of thiazole rings is 1.